The molecule has 96 valence electrons. The van der Waals surface area contributed by atoms with Crippen LogP contribution in [0.3, 0.4) is 0 Å². The molecule has 2 N–H and O–H groups in total. The molecule has 0 radical (unpaired) electrons. The number of rotatable bonds is 4. The maximum absolute atomic E-state index is 13.4. The zero-order chi connectivity index (χ0) is 12.1. The summed E-state index contributed by atoms with van der Waals surface area (Å²) >= 11 is 0. The number of aromatic nitrogens is 1. The van der Waals surface area contributed by atoms with Crippen LogP contribution >= 0.6 is 12.4 Å². The minimum Gasteiger partial charge on any atom is -0.464 e. The fraction of sp³-hybridized carbons (Fsp3) is 0.400. The quantitative estimate of drug-likeness (QED) is 0.663. The number of halogens is 3. The smallest absolute Gasteiger partial charge is 0.342 e. The number of hydrogen-bond acceptors (Lipinski definition) is 4. The molecule has 7 heteroatoms. The minimum atomic E-state index is -2.10. The van der Waals surface area contributed by atoms with Crippen LogP contribution in [0, 0.1) is 5.95 Å². The number of alkyl halides is 1. The van der Waals surface area contributed by atoms with Crippen molar-refractivity contribution in [3.05, 3.63) is 29.8 Å². The van der Waals surface area contributed by atoms with E-state index in [-0.39, 0.29) is 24.6 Å². The van der Waals surface area contributed by atoms with Gasteiger partial charge in [0, 0.05) is 11.8 Å². The molecule has 0 aliphatic carbocycles. The van der Waals surface area contributed by atoms with E-state index in [1.165, 1.54) is 18.3 Å². The van der Waals surface area contributed by atoms with Crippen molar-refractivity contribution in [3.8, 4) is 0 Å². The molecule has 0 saturated carbocycles. The standard InChI is InChI=1S/C10H12F2N2O2.ClH/c1-2-16-10(15)7(11)8(13)6-4-3-5-14-9(6)12;/h3-5,7-8H,2,13H2,1H3;1H/t7?,8-;/m1./s1. The van der Waals surface area contributed by atoms with Crippen LogP contribution in [-0.2, 0) is 9.53 Å². The van der Waals surface area contributed by atoms with E-state index in [2.05, 4.69) is 9.72 Å². The van der Waals surface area contributed by atoms with Crippen molar-refractivity contribution in [1.29, 1.82) is 0 Å². The van der Waals surface area contributed by atoms with E-state index in [4.69, 9.17) is 5.73 Å². The van der Waals surface area contributed by atoms with E-state index in [1.54, 1.807) is 6.92 Å². The fourth-order valence-corrected chi connectivity index (χ4v) is 1.17. The third kappa shape index (κ3) is 3.90. The van der Waals surface area contributed by atoms with Crippen LogP contribution in [0.5, 0.6) is 0 Å². The van der Waals surface area contributed by atoms with Crippen LogP contribution in [0.25, 0.3) is 0 Å². The molecule has 0 fully saturated rings. The Morgan fingerprint density at radius 3 is 2.82 bits per heavy atom. The maximum Gasteiger partial charge on any atom is 0.342 e. The monoisotopic (exact) mass is 266 g/mol. The Hall–Kier alpha value is -1.27. The molecule has 1 unspecified atom stereocenters. The largest absolute Gasteiger partial charge is 0.464 e. The van der Waals surface area contributed by atoms with E-state index in [0.717, 1.165) is 0 Å². The number of pyridine rings is 1. The first kappa shape index (κ1) is 15.7. The molecular weight excluding hydrogens is 254 g/mol. The summed E-state index contributed by atoms with van der Waals surface area (Å²) in [6, 6.07) is 1.28. The van der Waals surface area contributed by atoms with Crippen molar-refractivity contribution in [1.82, 2.24) is 4.98 Å². The van der Waals surface area contributed by atoms with Crippen LogP contribution in [0.4, 0.5) is 8.78 Å². The molecule has 0 aliphatic heterocycles. The van der Waals surface area contributed by atoms with Crippen molar-refractivity contribution < 1.29 is 18.3 Å². The molecule has 1 rings (SSSR count). The summed E-state index contributed by atoms with van der Waals surface area (Å²) in [6.45, 7) is 1.59. The summed E-state index contributed by atoms with van der Waals surface area (Å²) < 4.78 is 31.0. The van der Waals surface area contributed by atoms with Gasteiger partial charge in [-0.25, -0.2) is 14.2 Å². The topological polar surface area (TPSA) is 65.2 Å². The van der Waals surface area contributed by atoms with Gasteiger partial charge >= 0.3 is 5.97 Å². The number of carbonyl (C=O) groups excluding carboxylic acids is 1. The van der Waals surface area contributed by atoms with Gasteiger partial charge in [0.15, 0.2) is 0 Å². The van der Waals surface area contributed by atoms with Gasteiger partial charge in [0.25, 0.3) is 0 Å². The van der Waals surface area contributed by atoms with Crippen LogP contribution < -0.4 is 5.73 Å². The van der Waals surface area contributed by atoms with Crippen molar-refractivity contribution >= 4 is 18.4 Å². The van der Waals surface area contributed by atoms with Crippen LogP contribution in [0.2, 0.25) is 0 Å². The molecule has 2 atom stereocenters. The van der Waals surface area contributed by atoms with Crippen molar-refractivity contribution in [3.63, 3.8) is 0 Å². The van der Waals surface area contributed by atoms with Gasteiger partial charge in [0.1, 0.15) is 0 Å². The molecule has 4 nitrogen and oxygen atoms in total. The normalized spacial score (nSPS) is 13.4. The highest BCUT2D eigenvalue weighted by Crippen LogP contribution is 2.19. The number of nitrogens with zero attached hydrogens (tertiary/aromatic N) is 1. The summed E-state index contributed by atoms with van der Waals surface area (Å²) in [5.74, 6) is -1.99. The van der Waals surface area contributed by atoms with Crippen molar-refractivity contribution in [2.45, 2.75) is 19.1 Å². The van der Waals surface area contributed by atoms with Gasteiger partial charge in [-0.1, -0.05) is 6.07 Å². The Morgan fingerprint density at radius 1 is 1.65 bits per heavy atom. The second-order valence-corrected chi connectivity index (χ2v) is 3.06. The Labute approximate surface area is 104 Å². The average molecular weight is 267 g/mol. The summed E-state index contributed by atoms with van der Waals surface area (Å²) in [4.78, 5) is 14.4. The first-order chi connectivity index (χ1) is 7.57. The third-order valence-corrected chi connectivity index (χ3v) is 1.97. The molecule has 0 bridgehead atoms. The number of ether oxygens (including phenoxy) is 1. The molecule has 0 saturated heterocycles. The molecular formula is C10H13ClF2N2O2. The molecule has 1 heterocycles. The number of hydrogen-bond donors (Lipinski definition) is 1. The second-order valence-electron chi connectivity index (χ2n) is 3.06. The van der Waals surface area contributed by atoms with Gasteiger partial charge in [-0.2, -0.15) is 4.39 Å². The third-order valence-electron chi connectivity index (χ3n) is 1.97. The summed E-state index contributed by atoms with van der Waals surface area (Å²) in [5.41, 5.74) is 5.26. The van der Waals surface area contributed by atoms with Crippen LogP contribution in [0.15, 0.2) is 18.3 Å². The highest BCUT2D eigenvalue weighted by Gasteiger charge is 2.29. The van der Waals surface area contributed by atoms with Crippen molar-refractivity contribution in [2.75, 3.05) is 6.61 Å². The Kier molecular flexibility index (Phi) is 6.60. The number of nitrogens with two attached hydrogens (primary N) is 1. The van der Waals surface area contributed by atoms with Gasteiger partial charge in [-0.3, -0.25) is 0 Å². The summed E-state index contributed by atoms with van der Waals surface area (Å²) in [5, 5.41) is 0. The van der Waals surface area contributed by atoms with Crippen molar-refractivity contribution in [2.24, 2.45) is 5.73 Å². The van der Waals surface area contributed by atoms with Crippen LogP contribution in [-0.4, -0.2) is 23.7 Å². The number of esters is 1. The Morgan fingerprint density at radius 2 is 2.29 bits per heavy atom. The lowest BCUT2D eigenvalue weighted by molar-refractivity contribution is -0.149. The summed E-state index contributed by atoms with van der Waals surface area (Å²) in [7, 11) is 0. The first-order valence-corrected chi connectivity index (χ1v) is 4.74. The Balaban J connectivity index is 0.00000256. The average Bonchev–Trinajstić information content (AvgIpc) is 2.28. The maximum atomic E-state index is 13.4. The summed E-state index contributed by atoms with van der Waals surface area (Å²) in [6.07, 6.45) is -0.887. The number of carbonyl (C=O) groups is 1. The van der Waals surface area contributed by atoms with Gasteiger partial charge < -0.3 is 10.5 Å². The second kappa shape index (κ2) is 7.13. The molecule has 17 heavy (non-hydrogen) atoms. The predicted molar refractivity (Wildman–Crippen MR) is 59.9 cm³/mol. The first-order valence-electron chi connectivity index (χ1n) is 4.74. The van der Waals surface area contributed by atoms with Gasteiger partial charge in [0.2, 0.25) is 12.1 Å². The highest BCUT2D eigenvalue weighted by molar-refractivity contribution is 5.85. The van der Waals surface area contributed by atoms with Gasteiger partial charge in [-0.15, -0.1) is 12.4 Å². The van der Waals surface area contributed by atoms with E-state index < -0.39 is 24.1 Å². The lowest BCUT2D eigenvalue weighted by Crippen LogP contribution is -2.32. The van der Waals surface area contributed by atoms with Gasteiger partial charge in [0.05, 0.1) is 12.6 Å². The molecule has 1 aromatic rings. The fourth-order valence-electron chi connectivity index (χ4n) is 1.17. The SMILES string of the molecule is CCOC(=O)C(F)[C@H](N)c1cccnc1F.Cl. The molecule has 0 aromatic carbocycles. The van der Waals surface area contributed by atoms with Gasteiger partial charge in [-0.05, 0) is 13.0 Å². The minimum absolute atomic E-state index is 0. The predicted octanol–water partition coefficient (Wildman–Crippen LogP) is 1.54. The lowest BCUT2D eigenvalue weighted by atomic mass is 10.1. The molecule has 0 amide bonds. The molecule has 0 spiro atoms. The zero-order valence-electron chi connectivity index (χ0n) is 9.10. The zero-order valence-corrected chi connectivity index (χ0v) is 9.92. The van der Waals surface area contributed by atoms with E-state index in [9.17, 15) is 13.6 Å². The van der Waals surface area contributed by atoms with Crippen LogP contribution in [0.1, 0.15) is 18.5 Å². The van der Waals surface area contributed by atoms with E-state index in [1.807, 2.05) is 0 Å². The lowest BCUT2D eigenvalue weighted by Gasteiger charge is -2.15. The Bertz CT molecular complexity index is 379. The molecule has 0 aliphatic rings. The van der Waals surface area contributed by atoms with E-state index >= 15 is 0 Å². The van der Waals surface area contributed by atoms with E-state index in [0.29, 0.717) is 0 Å². The molecule has 1 aromatic heterocycles. The highest BCUT2D eigenvalue weighted by atomic mass is 35.5.